The number of morpholine rings is 1. The van der Waals surface area contributed by atoms with E-state index in [4.69, 9.17) is 4.74 Å². The number of carbonyl (C=O) groups is 2. The molecule has 0 spiro atoms. The maximum atomic E-state index is 13.6. The van der Waals surface area contributed by atoms with Gasteiger partial charge in [-0.25, -0.2) is 9.29 Å². The zero-order valence-electron chi connectivity index (χ0n) is 17.6. The number of anilines is 1. The Balaban J connectivity index is 1.84. The second-order valence-electron chi connectivity index (χ2n) is 8.11. The lowest BCUT2D eigenvalue weighted by molar-refractivity contribution is -0.121. The van der Waals surface area contributed by atoms with Crippen molar-refractivity contribution in [2.75, 3.05) is 18.0 Å². The van der Waals surface area contributed by atoms with Gasteiger partial charge in [0, 0.05) is 13.1 Å². The third-order valence-electron chi connectivity index (χ3n) is 5.68. The van der Waals surface area contributed by atoms with E-state index in [-0.39, 0.29) is 18.1 Å². The number of rotatable bonds is 3. The van der Waals surface area contributed by atoms with Gasteiger partial charge in [0.2, 0.25) is 0 Å². The number of imide groups is 1. The minimum Gasteiger partial charge on any atom is -0.372 e. The van der Waals surface area contributed by atoms with Crippen LogP contribution in [0.1, 0.15) is 30.5 Å². The van der Waals surface area contributed by atoms with Gasteiger partial charge in [-0.05, 0) is 68.7 Å². The van der Waals surface area contributed by atoms with Gasteiger partial charge in [0.25, 0.3) is 11.8 Å². The zero-order chi connectivity index (χ0) is 21.6. The van der Waals surface area contributed by atoms with Crippen LogP contribution in [0.3, 0.4) is 0 Å². The Morgan fingerprint density at radius 2 is 1.53 bits per heavy atom. The summed E-state index contributed by atoms with van der Waals surface area (Å²) in [7, 11) is 0. The van der Waals surface area contributed by atoms with Gasteiger partial charge < -0.3 is 9.64 Å². The normalized spacial score (nSPS) is 22.3. The van der Waals surface area contributed by atoms with E-state index in [0.717, 1.165) is 11.1 Å². The Morgan fingerprint density at radius 3 is 2.13 bits per heavy atom. The van der Waals surface area contributed by atoms with Crippen molar-refractivity contribution in [3.05, 3.63) is 70.7 Å². The molecule has 2 aromatic carbocycles. The number of hydrogen-bond acceptors (Lipinski definition) is 4. The van der Waals surface area contributed by atoms with Crippen LogP contribution < -0.4 is 4.90 Å². The summed E-state index contributed by atoms with van der Waals surface area (Å²) in [4.78, 5) is 30.2. The number of aryl methyl sites for hydroxylation is 2. The molecule has 0 aliphatic carbocycles. The van der Waals surface area contributed by atoms with Gasteiger partial charge in [0.1, 0.15) is 11.5 Å². The number of carbonyl (C=O) groups excluding carboxylic acids is 2. The highest BCUT2D eigenvalue weighted by atomic mass is 19.1. The van der Waals surface area contributed by atoms with Crippen LogP contribution >= 0.6 is 0 Å². The van der Waals surface area contributed by atoms with E-state index < -0.39 is 11.7 Å². The molecule has 6 heteroatoms. The molecule has 1 fully saturated rings. The molecule has 2 heterocycles. The molecule has 2 aromatic rings. The summed E-state index contributed by atoms with van der Waals surface area (Å²) in [6.07, 6.45) is -0.149. The summed E-state index contributed by atoms with van der Waals surface area (Å²) in [6, 6.07) is 11.2. The number of amides is 2. The Kier molecular flexibility index (Phi) is 5.20. The van der Waals surface area contributed by atoms with Gasteiger partial charge >= 0.3 is 0 Å². The number of benzene rings is 2. The molecule has 2 aliphatic heterocycles. The number of nitrogens with zero attached hydrogens (tertiary/aromatic N) is 2. The van der Waals surface area contributed by atoms with E-state index in [0.29, 0.717) is 35.6 Å². The number of halogens is 1. The molecule has 2 atom stereocenters. The van der Waals surface area contributed by atoms with Crippen molar-refractivity contribution < 1.29 is 18.7 Å². The van der Waals surface area contributed by atoms with E-state index in [9.17, 15) is 14.0 Å². The molecule has 2 unspecified atom stereocenters. The van der Waals surface area contributed by atoms with Gasteiger partial charge in [0.15, 0.2) is 0 Å². The molecule has 0 N–H and O–H groups in total. The third kappa shape index (κ3) is 3.52. The third-order valence-corrected chi connectivity index (χ3v) is 5.68. The Morgan fingerprint density at radius 1 is 0.900 bits per heavy atom. The molecule has 5 nitrogen and oxygen atoms in total. The van der Waals surface area contributed by atoms with E-state index in [1.807, 2.05) is 44.7 Å². The minimum absolute atomic E-state index is 0.0747. The quantitative estimate of drug-likeness (QED) is 0.725. The van der Waals surface area contributed by atoms with Crippen molar-refractivity contribution in [2.24, 2.45) is 0 Å². The maximum absolute atomic E-state index is 13.6. The molecule has 1 saturated heterocycles. The molecule has 0 saturated carbocycles. The lowest BCUT2D eigenvalue weighted by atomic mass is 10.0. The Hall–Kier alpha value is -2.99. The van der Waals surface area contributed by atoms with E-state index in [1.165, 1.54) is 17.0 Å². The predicted octanol–water partition coefficient (Wildman–Crippen LogP) is 3.84. The minimum atomic E-state index is -0.392. The van der Waals surface area contributed by atoms with Crippen LogP contribution in [0, 0.1) is 19.7 Å². The molecule has 30 heavy (non-hydrogen) atoms. The number of hydrogen-bond donors (Lipinski definition) is 0. The second-order valence-corrected chi connectivity index (χ2v) is 8.11. The fourth-order valence-corrected chi connectivity index (χ4v) is 4.15. The van der Waals surface area contributed by atoms with Crippen LogP contribution in [-0.2, 0) is 14.3 Å². The summed E-state index contributed by atoms with van der Waals surface area (Å²) < 4.78 is 19.3. The van der Waals surface area contributed by atoms with Crippen LogP contribution in [0.4, 0.5) is 10.1 Å². The molecule has 2 amide bonds. The summed E-state index contributed by atoms with van der Waals surface area (Å²) >= 11 is 0. The summed E-state index contributed by atoms with van der Waals surface area (Å²) in [5.74, 6) is -1.14. The predicted molar refractivity (Wildman–Crippen MR) is 113 cm³/mol. The van der Waals surface area contributed by atoms with Crippen LogP contribution in [0.25, 0.3) is 5.57 Å². The largest absolute Gasteiger partial charge is 0.372 e. The molecule has 4 rings (SSSR count). The van der Waals surface area contributed by atoms with Gasteiger partial charge in [-0.3, -0.25) is 9.59 Å². The molecule has 0 radical (unpaired) electrons. The Labute approximate surface area is 175 Å². The van der Waals surface area contributed by atoms with Crippen molar-refractivity contribution in [3.8, 4) is 0 Å². The highest BCUT2D eigenvalue weighted by Crippen LogP contribution is 2.36. The molecule has 0 aromatic heterocycles. The van der Waals surface area contributed by atoms with Crippen molar-refractivity contribution in [3.63, 3.8) is 0 Å². The van der Waals surface area contributed by atoms with E-state index >= 15 is 0 Å². The van der Waals surface area contributed by atoms with Crippen LogP contribution in [-0.4, -0.2) is 42.0 Å². The van der Waals surface area contributed by atoms with Gasteiger partial charge in [-0.15, -0.1) is 0 Å². The van der Waals surface area contributed by atoms with Gasteiger partial charge in [-0.2, -0.15) is 0 Å². The van der Waals surface area contributed by atoms with Gasteiger partial charge in [0.05, 0.1) is 23.5 Å². The summed E-state index contributed by atoms with van der Waals surface area (Å²) in [5, 5.41) is 0. The lowest BCUT2D eigenvalue weighted by Crippen LogP contribution is -2.47. The first-order valence-electron chi connectivity index (χ1n) is 10.1. The highest BCUT2D eigenvalue weighted by molar-refractivity contribution is 6.45. The summed E-state index contributed by atoms with van der Waals surface area (Å²) in [5.41, 5.74) is 3.81. The Bertz CT molecular complexity index is 1030. The first kappa shape index (κ1) is 20.3. The zero-order valence-corrected chi connectivity index (χ0v) is 17.6. The standard InChI is InChI=1S/C24H25FN2O3/c1-14-5-10-20(11-15(14)2)27-23(28)21(18-6-8-19(25)9-7-18)22(24(27)29)26-12-16(3)30-17(4)13-26/h5-11,16-17H,12-13H2,1-4H3. The van der Waals surface area contributed by atoms with Crippen molar-refractivity contribution in [2.45, 2.75) is 39.9 Å². The fourth-order valence-electron chi connectivity index (χ4n) is 4.15. The SMILES string of the molecule is Cc1ccc(N2C(=O)C(c3ccc(F)cc3)=C(N3CC(C)OC(C)C3)C2=O)cc1C. The van der Waals surface area contributed by atoms with Crippen LogP contribution in [0.2, 0.25) is 0 Å². The maximum Gasteiger partial charge on any atom is 0.282 e. The van der Waals surface area contributed by atoms with Crippen molar-refractivity contribution >= 4 is 23.1 Å². The van der Waals surface area contributed by atoms with E-state index in [1.54, 1.807) is 18.2 Å². The lowest BCUT2D eigenvalue weighted by Gasteiger charge is -2.37. The van der Waals surface area contributed by atoms with Crippen LogP contribution in [0.5, 0.6) is 0 Å². The average molecular weight is 408 g/mol. The topological polar surface area (TPSA) is 49.9 Å². The molecule has 0 bridgehead atoms. The second kappa shape index (κ2) is 7.69. The molecular formula is C24H25FN2O3. The van der Waals surface area contributed by atoms with Crippen LogP contribution in [0.15, 0.2) is 48.2 Å². The monoisotopic (exact) mass is 408 g/mol. The van der Waals surface area contributed by atoms with Crippen molar-refractivity contribution in [1.82, 2.24) is 4.90 Å². The van der Waals surface area contributed by atoms with Gasteiger partial charge in [-0.1, -0.05) is 18.2 Å². The van der Waals surface area contributed by atoms with E-state index in [2.05, 4.69) is 0 Å². The average Bonchev–Trinajstić information content (AvgIpc) is 2.94. The summed E-state index contributed by atoms with van der Waals surface area (Å²) in [6.45, 7) is 8.84. The van der Waals surface area contributed by atoms with Crippen molar-refractivity contribution in [1.29, 1.82) is 0 Å². The fraction of sp³-hybridized carbons (Fsp3) is 0.333. The number of ether oxygens (including phenoxy) is 1. The first-order valence-corrected chi connectivity index (χ1v) is 10.1. The molecule has 156 valence electrons. The smallest absolute Gasteiger partial charge is 0.282 e. The molecular weight excluding hydrogens is 383 g/mol. The molecule has 2 aliphatic rings. The highest BCUT2D eigenvalue weighted by Gasteiger charge is 2.43. The first-order chi connectivity index (χ1) is 14.3.